The molecule has 2 rings (SSSR count). The lowest BCUT2D eigenvalue weighted by Gasteiger charge is -2.36. The highest BCUT2D eigenvalue weighted by Crippen LogP contribution is 2.40. The summed E-state index contributed by atoms with van der Waals surface area (Å²) in [7, 11) is 0. The first-order chi connectivity index (χ1) is 9.89. The molecule has 0 amide bonds. The van der Waals surface area contributed by atoms with Crippen molar-refractivity contribution in [1.82, 2.24) is 0 Å². The molecule has 3 heteroatoms. The van der Waals surface area contributed by atoms with E-state index in [0.29, 0.717) is 6.61 Å². The van der Waals surface area contributed by atoms with Gasteiger partial charge >= 0.3 is 0 Å². The third-order valence-electron chi connectivity index (χ3n) is 4.55. The molecule has 0 aliphatic carbocycles. The van der Waals surface area contributed by atoms with Gasteiger partial charge in [-0.3, -0.25) is 0 Å². The topological polar surface area (TPSA) is 41.5 Å². The van der Waals surface area contributed by atoms with Gasteiger partial charge in [-0.05, 0) is 26.3 Å². The molecule has 3 nitrogen and oxygen atoms in total. The average Bonchev–Trinajstić information content (AvgIpc) is 2.51. The summed E-state index contributed by atoms with van der Waals surface area (Å²) in [6, 6.07) is 8.13. The van der Waals surface area contributed by atoms with Gasteiger partial charge < -0.3 is 15.2 Å². The van der Waals surface area contributed by atoms with Crippen molar-refractivity contribution in [2.75, 3.05) is 18.5 Å². The molecule has 1 aromatic carbocycles. The summed E-state index contributed by atoms with van der Waals surface area (Å²) < 4.78 is 6.05. The summed E-state index contributed by atoms with van der Waals surface area (Å²) in [5.74, 6) is 0.0596. The molecule has 0 spiro atoms. The standard InChI is InChI=1S/C18H29NO2/c1-5-6-11-18(20)14(2)12-21-17(3,4)13-19-16-10-8-7-9-15(16)18/h7-10,14,19-20H,5-6,11-13H2,1-4H3. The Morgan fingerprint density at radius 2 is 2.05 bits per heavy atom. The fourth-order valence-corrected chi connectivity index (χ4v) is 2.96. The van der Waals surface area contributed by atoms with E-state index in [1.807, 2.05) is 18.2 Å². The first kappa shape index (κ1) is 16.3. The molecule has 0 bridgehead atoms. The van der Waals surface area contributed by atoms with Gasteiger partial charge in [-0.15, -0.1) is 0 Å². The number of unbranched alkanes of at least 4 members (excludes halogenated alkanes) is 1. The number of rotatable bonds is 3. The van der Waals surface area contributed by atoms with Crippen LogP contribution in [0.25, 0.3) is 0 Å². The summed E-state index contributed by atoms with van der Waals surface area (Å²) in [4.78, 5) is 0. The van der Waals surface area contributed by atoms with Crippen LogP contribution < -0.4 is 5.32 Å². The number of hydrogen-bond acceptors (Lipinski definition) is 3. The minimum absolute atomic E-state index is 0.0596. The Morgan fingerprint density at radius 1 is 1.33 bits per heavy atom. The molecular formula is C18H29NO2. The van der Waals surface area contributed by atoms with E-state index in [1.54, 1.807) is 0 Å². The van der Waals surface area contributed by atoms with Gasteiger partial charge in [0.25, 0.3) is 0 Å². The smallest absolute Gasteiger partial charge is 0.0963 e. The molecule has 1 aliphatic rings. The van der Waals surface area contributed by atoms with Crippen LogP contribution in [0.2, 0.25) is 0 Å². The van der Waals surface area contributed by atoms with Crippen LogP contribution in [-0.2, 0) is 10.3 Å². The van der Waals surface area contributed by atoms with Crippen molar-refractivity contribution in [1.29, 1.82) is 0 Å². The number of anilines is 1. The third-order valence-corrected chi connectivity index (χ3v) is 4.55. The fourth-order valence-electron chi connectivity index (χ4n) is 2.96. The van der Waals surface area contributed by atoms with Gasteiger partial charge in [0.15, 0.2) is 0 Å². The van der Waals surface area contributed by atoms with Gasteiger partial charge in [0.1, 0.15) is 0 Å². The van der Waals surface area contributed by atoms with Crippen LogP contribution in [0.1, 0.15) is 52.5 Å². The number of ether oxygens (including phenoxy) is 1. The van der Waals surface area contributed by atoms with Crippen molar-refractivity contribution in [2.45, 2.75) is 58.2 Å². The van der Waals surface area contributed by atoms with Crippen molar-refractivity contribution in [2.24, 2.45) is 5.92 Å². The summed E-state index contributed by atoms with van der Waals surface area (Å²) in [6.45, 7) is 9.74. The van der Waals surface area contributed by atoms with E-state index >= 15 is 0 Å². The van der Waals surface area contributed by atoms with Crippen LogP contribution in [0.5, 0.6) is 0 Å². The van der Waals surface area contributed by atoms with Crippen LogP contribution in [0.3, 0.4) is 0 Å². The van der Waals surface area contributed by atoms with E-state index in [9.17, 15) is 5.11 Å². The van der Waals surface area contributed by atoms with Crippen molar-refractivity contribution in [3.8, 4) is 0 Å². The van der Waals surface area contributed by atoms with Crippen LogP contribution in [0.15, 0.2) is 24.3 Å². The predicted molar refractivity (Wildman–Crippen MR) is 87.5 cm³/mol. The minimum atomic E-state index is -0.833. The minimum Gasteiger partial charge on any atom is -0.385 e. The molecule has 0 fully saturated rings. The Hall–Kier alpha value is -1.06. The molecule has 118 valence electrons. The molecule has 1 aromatic rings. The number of nitrogens with one attached hydrogen (secondary N) is 1. The van der Waals surface area contributed by atoms with Crippen molar-refractivity contribution >= 4 is 5.69 Å². The molecule has 0 aromatic heterocycles. The second kappa shape index (κ2) is 6.37. The molecule has 0 radical (unpaired) electrons. The number of para-hydroxylation sites is 1. The van der Waals surface area contributed by atoms with E-state index < -0.39 is 5.60 Å². The maximum Gasteiger partial charge on any atom is 0.0963 e. The van der Waals surface area contributed by atoms with Crippen LogP contribution in [0, 0.1) is 5.92 Å². The summed E-state index contributed by atoms with van der Waals surface area (Å²) >= 11 is 0. The molecule has 1 aliphatic heterocycles. The number of hydrogen-bond donors (Lipinski definition) is 2. The monoisotopic (exact) mass is 291 g/mol. The zero-order valence-electron chi connectivity index (χ0n) is 13.8. The highest BCUT2D eigenvalue weighted by atomic mass is 16.5. The molecule has 0 saturated heterocycles. The first-order valence-corrected chi connectivity index (χ1v) is 8.09. The lowest BCUT2D eigenvalue weighted by atomic mass is 9.78. The Bertz CT molecular complexity index is 472. The molecule has 2 N–H and O–H groups in total. The van der Waals surface area contributed by atoms with Crippen molar-refractivity contribution in [3.05, 3.63) is 29.8 Å². The Labute approximate surface area is 128 Å². The molecular weight excluding hydrogens is 262 g/mol. The Balaban J connectivity index is 2.43. The second-order valence-corrected chi connectivity index (χ2v) is 6.90. The lowest BCUT2D eigenvalue weighted by molar-refractivity contribution is -0.0917. The summed E-state index contributed by atoms with van der Waals surface area (Å²) in [6.07, 6.45) is 2.86. The number of fused-ring (bicyclic) bond motifs is 1. The maximum absolute atomic E-state index is 11.4. The molecule has 21 heavy (non-hydrogen) atoms. The van der Waals surface area contributed by atoms with E-state index in [0.717, 1.165) is 37.1 Å². The number of aliphatic hydroxyl groups is 1. The predicted octanol–water partition coefficient (Wildman–Crippen LogP) is 3.92. The van der Waals surface area contributed by atoms with Gasteiger partial charge in [0.2, 0.25) is 0 Å². The fraction of sp³-hybridized carbons (Fsp3) is 0.667. The van der Waals surface area contributed by atoms with Gasteiger partial charge in [-0.25, -0.2) is 0 Å². The van der Waals surface area contributed by atoms with E-state index in [1.165, 1.54) is 0 Å². The van der Waals surface area contributed by atoms with Gasteiger partial charge in [-0.2, -0.15) is 0 Å². The lowest BCUT2D eigenvalue weighted by Crippen LogP contribution is -2.38. The highest BCUT2D eigenvalue weighted by Gasteiger charge is 2.39. The average molecular weight is 291 g/mol. The molecule has 2 unspecified atom stereocenters. The van der Waals surface area contributed by atoms with Gasteiger partial charge in [0, 0.05) is 23.7 Å². The largest absolute Gasteiger partial charge is 0.385 e. The summed E-state index contributed by atoms with van der Waals surface area (Å²) in [5.41, 5.74) is 0.964. The zero-order chi connectivity index (χ0) is 15.5. The van der Waals surface area contributed by atoms with Crippen molar-refractivity contribution in [3.63, 3.8) is 0 Å². The van der Waals surface area contributed by atoms with Crippen LogP contribution in [0.4, 0.5) is 5.69 Å². The SMILES string of the molecule is CCCCC1(O)c2ccccc2NCC(C)(C)OCC1C. The second-order valence-electron chi connectivity index (χ2n) is 6.90. The normalized spacial score (nSPS) is 28.7. The van der Waals surface area contributed by atoms with Crippen LogP contribution >= 0.6 is 0 Å². The van der Waals surface area contributed by atoms with E-state index in [2.05, 4.69) is 39.1 Å². The highest BCUT2D eigenvalue weighted by molar-refractivity contribution is 5.54. The molecule has 2 atom stereocenters. The quantitative estimate of drug-likeness (QED) is 0.887. The van der Waals surface area contributed by atoms with Crippen LogP contribution in [-0.4, -0.2) is 23.9 Å². The molecule has 0 saturated carbocycles. The molecule has 1 heterocycles. The van der Waals surface area contributed by atoms with Gasteiger partial charge in [-0.1, -0.05) is 44.9 Å². The Kier molecular flexibility index (Phi) is 4.95. The van der Waals surface area contributed by atoms with Gasteiger partial charge in [0.05, 0.1) is 17.8 Å². The number of benzene rings is 1. The Morgan fingerprint density at radius 3 is 2.76 bits per heavy atom. The first-order valence-electron chi connectivity index (χ1n) is 8.09. The van der Waals surface area contributed by atoms with Crippen molar-refractivity contribution < 1.29 is 9.84 Å². The third kappa shape index (κ3) is 3.58. The zero-order valence-corrected chi connectivity index (χ0v) is 13.8. The van der Waals surface area contributed by atoms with E-state index in [4.69, 9.17) is 4.74 Å². The maximum atomic E-state index is 11.4. The summed E-state index contributed by atoms with van der Waals surface area (Å²) in [5, 5.41) is 14.9. The van der Waals surface area contributed by atoms with E-state index in [-0.39, 0.29) is 11.5 Å².